The maximum absolute atomic E-state index is 5.35. The van der Waals surface area contributed by atoms with E-state index >= 15 is 0 Å². The predicted octanol–water partition coefficient (Wildman–Crippen LogP) is 1.13. The normalized spacial score (nSPS) is 22.9. The lowest BCUT2D eigenvalue weighted by molar-refractivity contribution is -0.0494. The fourth-order valence-electron chi connectivity index (χ4n) is 1.52. The summed E-state index contributed by atoms with van der Waals surface area (Å²) in [6, 6.07) is 0. The van der Waals surface area contributed by atoms with Crippen molar-refractivity contribution in [3.8, 4) is 0 Å². The third-order valence-electron chi connectivity index (χ3n) is 2.23. The Morgan fingerprint density at radius 2 is 2.08 bits per heavy atom. The van der Waals surface area contributed by atoms with Crippen LogP contribution >= 0.6 is 0 Å². The van der Waals surface area contributed by atoms with Gasteiger partial charge in [-0.2, -0.15) is 0 Å². The summed E-state index contributed by atoms with van der Waals surface area (Å²) >= 11 is 0. The minimum absolute atomic E-state index is 0.0271. The van der Waals surface area contributed by atoms with Crippen LogP contribution in [0.3, 0.4) is 0 Å². The van der Waals surface area contributed by atoms with Crippen molar-refractivity contribution >= 4 is 0 Å². The number of allylic oxidation sites excluding steroid dienone is 2. The van der Waals surface area contributed by atoms with Crippen molar-refractivity contribution in [2.45, 2.75) is 12.7 Å². The number of nitrogens with zero attached hydrogens (tertiary/aromatic N) is 1. The van der Waals surface area contributed by atoms with Gasteiger partial charge in [0.15, 0.2) is 6.29 Å². The van der Waals surface area contributed by atoms with Crippen LogP contribution in [0.15, 0.2) is 24.4 Å². The van der Waals surface area contributed by atoms with Crippen LogP contribution in [-0.2, 0) is 9.47 Å². The van der Waals surface area contributed by atoms with Crippen LogP contribution in [0.25, 0.3) is 0 Å². The molecule has 2 aliphatic heterocycles. The van der Waals surface area contributed by atoms with Crippen LogP contribution in [0.5, 0.6) is 0 Å². The molecule has 2 heterocycles. The molecule has 0 aliphatic carbocycles. The van der Waals surface area contributed by atoms with E-state index in [2.05, 4.69) is 29.3 Å². The number of hydrogen-bond donors (Lipinski definition) is 0. The summed E-state index contributed by atoms with van der Waals surface area (Å²) in [6.07, 6.45) is 9.36. The lowest BCUT2D eigenvalue weighted by atomic mass is 10.3. The topological polar surface area (TPSA) is 21.7 Å². The molecule has 1 saturated heterocycles. The summed E-state index contributed by atoms with van der Waals surface area (Å²) in [5, 5.41) is 0. The van der Waals surface area contributed by atoms with Gasteiger partial charge in [0, 0.05) is 19.5 Å². The van der Waals surface area contributed by atoms with E-state index in [4.69, 9.17) is 9.47 Å². The van der Waals surface area contributed by atoms with Gasteiger partial charge in [0.25, 0.3) is 0 Å². The zero-order chi connectivity index (χ0) is 8.93. The molecule has 0 radical (unpaired) electrons. The average Bonchev–Trinajstić information content (AvgIpc) is 2.69. The smallest absolute Gasteiger partial charge is 0.159 e. The van der Waals surface area contributed by atoms with Crippen LogP contribution in [0.1, 0.15) is 6.42 Å². The van der Waals surface area contributed by atoms with Gasteiger partial charge in [-0.3, -0.25) is 0 Å². The van der Waals surface area contributed by atoms with E-state index in [1.165, 1.54) is 0 Å². The summed E-state index contributed by atoms with van der Waals surface area (Å²) in [4.78, 5) is 2.26. The fourth-order valence-corrected chi connectivity index (χ4v) is 1.52. The van der Waals surface area contributed by atoms with Crippen molar-refractivity contribution < 1.29 is 9.47 Å². The molecular formula is C10H15NO2. The summed E-state index contributed by atoms with van der Waals surface area (Å²) in [7, 11) is 0. The van der Waals surface area contributed by atoms with E-state index in [9.17, 15) is 0 Å². The van der Waals surface area contributed by atoms with Crippen LogP contribution in [0.2, 0.25) is 0 Å². The molecule has 0 N–H and O–H groups in total. The maximum Gasteiger partial charge on any atom is 0.159 e. The molecular weight excluding hydrogens is 166 g/mol. The zero-order valence-electron chi connectivity index (χ0n) is 7.69. The Kier molecular flexibility index (Phi) is 3.00. The second-order valence-electron chi connectivity index (χ2n) is 3.22. The van der Waals surface area contributed by atoms with Crippen molar-refractivity contribution in [3.63, 3.8) is 0 Å². The van der Waals surface area contributed by atoms with E-state index in [1.54, 1.807) is 0 Å². The van der Waals surface area contributed by atoms with E-state index < -0.39 is 0 Å². The first-order valence-corrected chi connectivity index (χ1v) is 4.76. The monoisotopic (exact) mass is 181 g/mol. The van der Waals surface area contributed by atoms with Gasteiger partial charge >= 0.3 is 0 Å². The van der Waals surface area contributed by atoms with Crippen LogP contribution in [0.4, 0.5) is 0 Å². The molecule has 0 aromatic carbocycles. The Bertz CT molecular complexity index is 207. The Hall–Kier alpha value is -0.800. The van der Waals surface area contributed by atoms with Crippen molar-refractivity contribution in [3.05, 3.63) is 24.4 Å². The molecule has 2 aliphatic rings. The predicted molar refractivity (Wildman–Crippen MR) is 50.2 cm³/mol. The molecule has 0 aromatic rings. The largest absolute Gasteiger partial charge is 0.373 e. The Morgan fingerprint density at radius 1 is 1.23 bits per heavy atom. The van der Waals surface area contributed by atoms with Crippen LogP contribution < -0.4 is 0 Å². The summed E-state index contributed by atoms with van der Waals surface area (Å²) in [5.41, 5.74) is 0. The first-order valence-electron chi connectivity index (χ1n) is 4.76. The van der Waals surface area contributed by atoms with Gasteiger partial charge in [-0.05, 0) is 12.3 Å². The summed E-state index contributed by atoms with van der Waals surface area (Å²) < 4.78 is 10.7. The molecule has 0 saturated carbocycles. The highest BCUT2D eigenvalue weighted by Gasteiger charge is 2.16. The van der Waals surface area contributed by atoms with Crippen LogP contribution in [-0.4, -0.2) is 37.5 Å². The van der Waals surface area contributed by atoms with Gasteiger partial charge in [-0.1, -0.05) is 12.2 Å². The molecule has 3 nitrogen and oxygen atoms in total. The quantitative estimate of drug-likeness (QED) is 0.651. The molecule has 72 valence electrons. The first kappa shape index (κ1) is 8.78. The van der Waals surface area contributed by atoms with Crippen LogP contribution in [0, 0.1) is 0 Å². The lowest BCUT2D eigenvalue weighted by Gasteiger charge is -2.21. The molecule has 0 unspecified atom stereocenters. The van der Waals surface area contributed by atoms with Gasteiger partial charge in [0.2, 0.25) is 0 Å². The maximum atomic E-state index is 5.35. The standard InChI is InChI=1S/C10H15NO2/c1-2-5-11(6-3-1)7-4-10-12-8-9-13-10/h1-3,5,10H,4,6-9H2. The highest BCUT2D eigenvalue weighted by molar-refractivity contribution is 5.08. The van der Waals surface area contributed by atoms with Crippen molar-refractivity contribution in [2.24, 2.45) is 0 Å². The summed E-state index contributed by atoms with van der Waals surface area (Å²) in [6.45, 7) is 3.51. The lowest BCUT2D eigenvalue weighted by Crippen LogP contribution is -2.24. The Morgan fingerprint density at radius 3 is 2.77 bits per heavy atom. The molecule has 1 fully saturated rings. The molecule has 2 rings (SSSR count). The number of rotatable bonds is 3. The number of ether oxygens (including phenoxy) is 2. The fraction of sp³-hybridized carbons (Fsp3) is 0.600. The van der Waals surface area contributed by atoms with Crippen molar-refractivity contribution in [2.75, 3.05) is 26.3 Å². The first-order chi connectivity index (χ1) is 6.45. The third-order valence-corrected chi connectivity index (χ3v) is 2.23. The molecule has 13 heavy (non-hydrogen) atoms. The average molecular weight is 181 g/mol. The highest BCUT2D eigenvalue weighted by atomic mass is 16.7. The number of hydrogen-bond acceptors (Lipinski definition) is 3. The van der Waals surface area contributed by atoms with Gasteiger partial charge in [0.1, 0.15) is 0 Å². The van der Waals surface area contributed by atoms with Crippen molar-refractivity contribution in [1.82, 2.24) is 4.90 Å². The van der Waals surface area contributed by atoms with Crippen molar-refractivity contribution in [1.29, 1.82) is 0 Å². The zero-order valence-corrected chi connectivity index (χ0v) is 7.69. The van der Waals surface area contributed by atoms with E-state index in [-0.39, 0.29) is 6.29 Å². The van der Waals surface area contributed by atoms with E-state index in [0.29, 0.717) is 0 Å². The molecule has 3 heteroatoms. The minimum Gasteiger partial charge on any atom is -0.373 e. The minimum atomic E-state index is 0.0271. The second-order valence-corrected chi connectivity index (χ2v) is 3.22. The SMILES string of the molecule is C1=CCN(CCC2OCCO2)C=C1. The van der Waals surface area contributed by atoms with E-state index in [0.717, 1.165) is 32.7 Å². The third kappa shape index (κ3) is 2.57. The summed E-state index contributed by atoms with van der Waals surface area (Å²) in [5.74, 6) is 0. The molecule has 0 spiro atoms. The molecule has 0 atom stereocenters. The van der Waals surface area contributed by atoms with Gasteiger partial charge in [0.05, 0.1) is 13.2 Å². The van der Waals surface area contributed by atoms with Gasteiger partial charge in [-0.15, -0.1) is 0 Å². The molecule has 0 amide bonds. The molecule has 0 bridgehead atoms. The Labute approximate surface area is 78.6 Å². The molecule has 0 aromatic heterocycles. The van der Waals surface area contributed by atoms with Gasteiger partial charge < -0.3 is 14.4 Å². The van der Waals surface area contributed by atoms with E-state index in [1.807, 2.05) is 0 Å². The Balaban J connectivity index is 1.67. The van der Waals surface area contributed by atoms with Gasteiger partial charge in [-0.25, -0.2) is 0 Å². The second kappa shape index (κ2) is 4.44. The highest BCUT2D eigenvalue weighted by Crippen LogP contribution is 2.09.